The van der Waals surface area contributed by atoms with E-state index >= 15 is 0 Å². The van der Waals surface area contributed by atoms with Crippen molar-refractivity contribution in [2.24, 2.45) is 5.73 Å². The van der Waals surface area contributed by atoms with Crippen molar-refractivity contribution in [3.05, 3.63) is 39.0 Å². The Morgan fingerprint density at radius 3 is 2.71 bits per heavy atom. The Hall–Kier alpha value is -2.48. The fraction of sp³-hybridized carbons (Fsp3) is 0.500. The molecule has 0 spiro atoms. The minimum absolute atomic E-state index is 0.114. The van der Waals surface area contributed by atoms with Gasteiger partial charge in [0.2, 0.25) is 11.8 Å². The zero-order chi connectivity index (χ0) is 20.6. The quantitative estimate of drug-likeness (QED) is 0.843. The molecule has 1 atom stereocenters. The summed E-state index contributed by atoms with van der Waals surface area (Å²) in [7, 11) is 0. The Labute approximate surface area is 167 Å². The third-order valence-corrected chi connectivity index (χ3v) is 6.02. The molecule has 0 radical (unpaired) electrons. The summed E-state index contributed by atoms with van der Waals surface area (Å²) in [5.41, 5.74) is 6.19. The first-order chi connectivity index (χ1) is 13.1. The summed E-state index contributed by atoms with van der Waals surface area (Å²) >= 11 is 1.38. The number of nitrogens with zero attached hydrogens (tertiary/aromatic N) is 2. The minimum Gasteiger partial charge on any atom is -0.427 e. The normalized spacial score (nSPS) is 17.1. The monoisotopic (exact) mass is 403 g/mol. The van der Waals surface area contributed by atoms with E-state index in [1.54, 1.807) is 4.90 Å². The summed E-state index contributed by atoms with van der Waals surface area (Å²) < 4.78 is 5.34. The number of primary amides is 1. The van der Waals surface area contributed by atoms with Crippen molar-refractivity contribution in [2.75, 3.05) is 6.54 Å². The number of hydrogen-bond acceptors (Lipinski definition) is 6. The second-order valence-corrected chi connectivity index (χ2v) is 9.21. The van der Waals surface area contributed by atoms with Crippen LogP contribution in [0.5, 0.6) is 0 Å². The van der Waals surface area contributed by atoms with Crippen LogP contribution in [0.1, 0.15) is 50.1 Å². The fourth-order valence-corrected chi connectivity index (χ4v) is 4.41. The van der Waals surface area contributed by atoms with Crippen LogP contribution < -0.4 is 11.4 Å². The summed E-state index contributed by atoms with van der Waals surface area (Å²) in [5.74, 6) is -0.0149. The molecular formula is C20H25N3O4S. The van der Waals surface area contributed by atoms with Gasteiger partial charge in [0.25, 0.3) is 0 Å². The molecule has 0 saturated carbocycles. The second kappa shape index (κ2) is 7.50. The molecule has 8 heteroatoms. The van der Waals surface area contributed by atoms with Crippen molar-refractivity contribution < 1.29 is 14.0 Å². The Kier molecular flexibility index (Phi) is 5.43. The number of aromatic nitrogens is 1. The van der Waals surface area contributed by atoms with Gasteiger partial charge >= 0.3 is 5.63 Å². The number of carbonyl (C=O) groups excluding carboxylic acids is 2. The van der Waals surface area contributed by atoms with Crippen LogP contribution >= 0.6 is 11.3 Å². The molecular weight excluding hydrogens is 378 g/mol. The molecule has 3 heterocycles. The molecule has 1 aliphatic heterocycles. The van der Waals surface area contributed by atoms with E-state index in [9.17, 15) is 14.4 Å². The molecule has 28 heavy (non-hydrogen) atoms. The predicted molar refractivity (Wildman–Crippen MR) is 107 cm³/mol. The summed E-state index contributed by atoms with van der Waals surface area (Å²) in [6.07, 6.45) is 1.50. The molecule has 0 aliphatic carbocycles. The van der Waals surface area contributed by atoms with Gasteiger partial charge in [0, 0.05) is 23.6 Å². The van der Waals surface area contributed by atoms with Gasteiger partial charge in [0.1, 0.15) is 16.8 Å². The van der Waals surface area contributed by atoms with E-state index in [0.717, 1.165) is 22.6 Å². The van der Waals surface area contributed by atoms with E-state index in [-0.39, 0.29) is 17.7 Å². The molecule has 0 bridgehead atoms. The third-order valence-electron chi connectivity index (χ3n) is 4.82. The fourth-order valence-electron chi connectivity index (χ4n) is 3.37. The van der Waals surface area contributed by atoms with E-state index in [1.807, 2.05) is 33.8 Å². The van der Waals surface area contributed by atoms with Crippen molar-refractivity contribution in [3.8, 4) is 10.4 Å². The van der Waals surface area contributed by atoms with Crippen LogP contribution in [0, 0.1) is 6.92 Å². The Morgan fingerprint density at radius 2 is 2.07 bits per heavy atom. The predicted octanol–water partition coefficient (Wildman–Crippen LogP) is 2.39. The Morgan fingerprint density at radius 1 is 1.36 bits per heavy atom. The Balaban J connectivity index is 1.86. The van der Waals surface area contributed by atoms with Gasteiger partial charge in [-0.3, -0.25) is 9.59 Å². The second-order valence-electron chi connectivity index (χ2n) is 8.13. The average molecular weight is 404 g/mol. The number of rotatable bonds is 4. The van der Waals surface area contributed by atoms with Crippen molar-refractivity contribution in [2.45, 2.75) is 58.4 Å². The first kappa shape index (κ1) is 20.3. The van der Waals surface area contributed by atoms with Crippen molar-refractivity contribution in [1.82, 2.24) is 9.88 Å². The molecule has 150 valence electrons. The minimum atomic E-state index is -0.527. The topological polar surface area (TPSA) is 106 Å². The molecule has 2 amide bonds. The van der Waals surface area contributed by atoms with Crippen molar-refractivity contribution >= 4 is 23.2 Å². The Bertz CT molecular complexity index is 971. The highest BCUT2D eigenvalue weighted by Crippen LogP contribution is 2.33. The summed E-state index contributed by atoms with van der Waals surface area (Å²) in [5, 5.41) is 0.651. The van der Waals surface area contributed by atoms with Crippen LogP contribution in [0.25, 0.3) is 10.4 Å². The third kappa shape index (κ3) is 4.16. The molecule has 1 aliphatic rings. The highest BCUT2D eigenvalue weighted by molar-refractivity contribution is 7.15. The number of carbonyl (C=O) groups is 2. The lowest BCUT2D eigenvalue weighted by Crippen LogP contribution is -2.44. The zero-order valence-electron chi connectivity index (χ0n) is 16.6. The molecule has 2 aromatic heterocycles. The number of thiazole rings is 1. The average Bonchev–Trinajstić information content (AvgIpc) is 3.20. The van der Waals surface area contributed by atoms with Crippen LogP contribution in [0.3, 0.4) is 0 Å². The first-order valence-corrected chi connectivity index (χ1v) is 10.1. The van der Waals surface area contributed by atoms with E-state index in [1.165, 1.54) is 17.4 Å². The molecule has 1 saturated heterocycles. The van der Waals surface area contributed by atoms with Gasteiger partial charge in [-0.1, -0.05) is 20.8 Å². The summed E-state index contributed by atoms with van der Waals surface area (Å²) in [6.45, 7) is 8.32. The first-order valence-electron chi connectivity index (χ1n) is 9.27. The molecule has 2 aromatic rings. The molecule has 0 aromatic carbocycles. The maximum Gasteiger partial charge on any atom is 0.336 e. The van der Waals surface area contributed by atoms with Gasteiger partial charge in [-0.2, -0.15) is 0 Å². The summed E-state index contributed by atoms with van der Waals surface area (Å²) in [6, 6.07) is 2.78. The number of likely N-dealkylation sites (tertiary alicyclic amines) is 1. The van der Waals surface area contributed by atoms with E-state index in [2.05, 4.69) is 4.98 Å². The highest BCUT2D eigenvalue weighted by Gasteiger charge is 2.33. The lowest BCUT2D eigenvalue weighted by Gasteiger charge is -2.21. The van der Waals surface area contributed by atoms with Gasteiger partial charge in [-0.05, 0) is 25.8 Å². The highest BCUT2D eigenvalue weighted by atomic mass is 32.1. The van der Waals surface area contributed by atoms with Crippen LogP contribution in [-0.2, 0) is 21.4 Å². The number of aryl methyl sites for hydroxylation is 1. The molecule has 1 fully saturated rings. The maximum atomic E-state index is 12.6. The van der Waals surface area contributed by atoms with E-state index in [0.29, 0.717) is 23.7 Å². The van der Waals surface area contributed by atoms with Gasteiger partial charge in [0.15, 0.2) is 0 Å². The summed E-state index contributed by atoms with van der Waals surface area (Å²) in [4.78, 5) is 43.1. The van der Waals surface area contributed by atoms with Gasteiger partial charge in [0.05, 0.1) is 17.0 Å². The standard InChI is InChI=1S/C20H25N3O4S/c1-11-18(12-8-14(20(2,3)4)27-17(25)9-12)28-15(22-11)10-16(24)23-7-5-6-13(23)19(21)26/h8-9,13H,5-7,10H2,1-4H3,(H2,21,26)/t13-/m0/s1. The van der Waals surface area contributed by atoms with E-state index < -0.39 is 17.6 Å². The molecule has 2 N–H and O–H groups in total. The van der Waals surface area contributed by atoms with Gasteiger partial charge in [-0.15, -0.1) is 11.3 Å². The zero-order valence-corrected chi connectivity index (χ0v) is 17.4. The van der Waals surface area contributed by atoms with Crippen LogP contribution in [0.15, 0.2) is 21.3 Å². The van der Waals surface area contributed by atoms with Crippen molar-refractivity contribution in [1.29, 1.82) is 0 Å². The maximum absolute atomic E-state index is 12.6. The van der Waals surface area contributed by atoms with E-state index in [4.69, 9.17) is 10.2 Å². The molecule has 0 unspecified atom stereocenters. The van der Waals surface area contributed by atoms with Crippen molar-refractivity contribution in [3.63, 3.8) is 0 Å². The lowest BCUT2D eigenvalue weighted by molar-refractivity contribution is -0.136. The molecule has 3 rings (SSSR count). The van der Waals surface area contributed by atoms with Gasteiger partial charge < -0.3 is 15.1 Å². The van der Waals surface area contributed by atoms with Crippen LogP contribution in [-0.4, -0.2) is 34.3 Å². The largest absolute Gasteiger partial charge is 0.427 e. The van der Waals surface area contributed by atoms with Gasteiger partial charge in [-0.25, -0.2) is 9.78 Å². The lowest BCUT2D eigenvalue weighted by atomic mass is 9.92. The molecule has 7 nitrogen and oxygen atoms in total. The number of nitrogens with two attached hydrogens (primary N) is 1. The van der Waals surface area contributed by atoms with Crippen LogP contribution in [0.4, 0.5) is 0 Å². The number of hydrogen-bond donors (Lipinski definition) is 1. The van der Waals surface area contributed by atoms with Crippen LogP contribution in [0.2, 0.25) is 0 Å². The SMILES string of the molecule is Cc1nc(CC(=O)N2CCC[C@H]2C(N)=O)sc1-c1cc(C(C)(C)C)oc(=O)c1. The smallest absolute Gasteiger partial charge is 0.336 e. The number of amides is 2.